The van der Waals surface area contributed by atoms with E-state index in [1.54, 1.807) is 6.20 Å². The van der Waals surface area contributed by atoms with Crippen molar-refractivity contribution in [3.63, 3.8) is 0 Å². The van der Waals surface area contributed by atoms with Crippen LogP contribution in [-0.4, -0.2) is 16.6 Å². The minimum atomic E-state index is -0.0490. The molecule has 0 spiro atoms. The topological polar surface area (TPSA) is 37.9 Å². The van der Waals surface area contributed by atoms with Crippen molar-refractivity contribution in [1.29, 1.82) is 0 Å². The first kappa shape index (κ1) is 10.7. The summed E-state index contributed by atoms with van der Waals surface area (Å²) >= 11 is 6.40. The van der Waals surface area contributed by atoms with Crippen LogP contribution in [-0.2, 0) is 12.8 Å². The van der Waals surface area contributed by atoms with Crippen molar-refractivity contribution in [1.82, 2.24) is 9.97 Å². The summed E-state index contributed by atoms with van der Waals surface area (Å²) in [7, 11) is 0. The summed E-state index contributed by atoms with van der Waals surface area (Å²) in [6.07, 6.45) is 5.26. The summed E-state index contributed by atoms with van der Waals surface area (Å²) in [6, 6.07) is 6.18. The Balaban J connectivity index is 1.79. The third kappa shape index (κ3) is 2.15. The number of halogens is 1. The van der Waals surface area contributed by atoms with E-state index < -0.39 is 0 Å². The van der Waals surface area contributed by atoms with Crippen molar-refractivity contribution in [2.75, 3.05) is 6.61 Å². The quantitative estimate of drug-likeness (QED) is 0.849. The monoisotopic (exact) mass is 248 g/mol. The van der Waals surface area contributed by atoms with Gasteiger partial charge < -0.3 is 9.72 Å². The first-order valence-electron chi connectivity index (χ1n) is 5.71. The second-order valence-electron chi connectivity index (χ2n) is 4.17. The lowest BCUT2D eigenvalue weighted by Gasteiger charge is -2.09. The van der Waals surface area contributed by atoms with Gasteiger partial charge in [-0.05, 0) is 17.2 Å². The molecular weight excluding hydrogens is 236 g/mol. The molecule has 0 amide bonds. The molecule has 88 valence electrons. The van der Waals surface area contributed by atoms with Crippen LogP contribution in [0, 0.1) is 0 Å². The first-order chi connectivity index (χ1) is 8.33. The maximum atomic E-state index is 6.40. The normalized spacial score (nSPS) is 15.4. The number of alkyl halides is 1. The number of nitrogens with zero attached hydrogens (tertiary/aromatic N) is 1. The van der Waals surface area contributed by atoms with Crippen molar-refractivity contribution in [3.05, 3.63) is 47.5 Å². The largest absolute Gasteiger partial charge is 0.493 e. The van der Waals surface area contributed by atoms with Gasteiger partial charge in [0.05, 0.1) is 12.0 Å². The number of rotatable bonds is 3. The van der Waals surface area contributed by atoms with Crippen LogP contribution in [0.25, 0.3) is 0 Å². The molecule has 1 aromatic carbocycles. The number of hydrogen-bond donors (Lipinski definition) is 1. The van der Waals surface area contributed by atoms with Crippen LogP contribution in [0.5, 0.6) is 5.75 Å². The van der Waals surface area contributed by atoms with Gasteiger partial charge in [0.1, 0.15) is 11.6 Å². The number of ether oxygens (including phenoxy) is 1. The van der Waals surface area contributed by atoms with Gasteiger partial charge in [-0.25, -0.2) is 4.98 Å². The SMILES string of the molecule is ClC(Cc1ncc[nH]1)c1ccc2c(c1)CCO2. The fourth-order valence-corrected chi connectivity index (χ4v) is 2.38. The van der Waals surface area contributed by atoms with Gasteiger partial charge in [0, 0.05) is 25.2 Å². The number of fused-ring (bicyclic) bond motifs is 1. The molecule has 1 unspecified atom stereocenters. The average Bonchev–Trinajstić information content (AvgIpc) is 2.97. The van der Waals surface area contributed by atoms with Gasteiger partial charge in [0.25, 0.3) is 0 Å². The number of H-pyrrole nitrogens is 1. The Morgan fingerprint density at radius 3 is 3.24 bits per heavy atom. The molecule has 1 N–H and O–H groups in total. The molecule has 0 radical (unpaired) electrons. The summed E-state index contributed by atoms with van der Waals surface area (Å²) in [4.78, 5) is 7.26. The zero-order chi connectivity index (χ0) is 11.7. The number of hydrogen-bond acceptors (Lipinski definition) is 2. The van der Waals surface area contributed by atoms with Crippen LogP contribution in [0.1, 0.15) is 22.3 Å². The minimum absolute atomic E-state index is 0.0490. The molecule has 2 aromatic rings. The van der Waals surface area contributed by atoms with Gasteiger partial charge in [-0.15, -0.1) is 11.6 Å². The predicted molar refractivity (Wildman–Crippen MR) is 66.5 cm³/mol. The molecule has 1 atom stereocenters. The molecule has 3 rings (SSSR count). The summed E-state index contributed by atoms with van der Waals surface area (Å²) in [5.74, 6) is 1.91. The molecule has 4 heteroatoms. The van der Waals surface area contributed by atoms with E-state index in [1.165, 1.54) is 5.56 Å². The lowest BCUT2D eigenvalue weighted by Crippen LogP contribution is -1.98. The van der Waals surface area contributed by atoms with Gasteiger partial charge in [0.2, 0.25) is 0 Å². The van der Waals surface area contributed by atoms with Gasteiger partial charge in [-0.2, -0.15) is 0 Å². The Kier molecular flexibility index (Phi) is 2.77. The number of nitrogens with one attached hydrogen (secondary N) is 1. The van der Waals surface area contributed by atoms with E-state index in [2.05, 4.69) is 16.0 Å². The van der Waals surface area contributed by atoms with Crippen molar-refractivity contribution in [2.45, 2.75) is 18.2 Å². The molecule has 17 heavy (non-hydrogen) atoms. The Labute approximate surface area is 105 Å². The van der Waals surface area contributed by atoms with Gasteiger partial charge in [-0.1, -0.05) is 12.1 Å². The van der Waals surface area contributed by atoms with Crippen molar-refractivity contribution < 1.29 is 4.74 Å². The second kappa shape index (κ2) is 4.41. The molecule has 2 heterocycles. The Morgan fingerprint density at radius 1 is 1.47 bits per heavy atom. The summed E-state index contributed by atoms with van der Waals surface area (Å²) in [5, 5.41) is -0.0490. The van der Waals surface area contributed by atoms with E-state index in [-0.39, 0.29) is 5.38 Å². The number of aromatic nitrogens is 2. The van der Waals surface area contributed by atoms with Crippen molar-refractivity contribution in [2.24, 2.45) is 0 Å². The second-order valence-corrected chi connectivity index (χ2v) is 4.70. The Bertz CT molecular complexity index is 510. The molecule has 1 aliphatic rings. The third-order valence-electron chi connectivity index (χ3n) is 3.00. The summed E-state index contributed by atoms with van der Waals surface area (Å²) < 4.78 is 5.48. The van der Waals surface area contributed by atoms with E-state index in [9.17, 15) is 0 Å². The van der Waals surface area contributed by atoms with Crippen LogP contribution in [0.2, 0.25) is 0 Å². The highest BCUT2D eigenvalue weighted by molar-refractivity contribution is 6.20. The standard InChI is InChI=1S/C13H13ClN2O/c14-11(8-13-15-4-5-16-13)9-1-2-12-10(7-9)3-6-17-12/h1-2,4-5,7,11H,3,6,8H2,(H,15,16). The average molecular weight is 249 g/mol. The summed E-state index contributed by atoms with van der Waals surface area (Å²) in [6.45, 7) is 0.782. The highest BCUT2D eigenvalue weighted by Crippen LogP contribution is 2.31. The lowest BCUT2D eigenvalue weighted by molar-refractivity contribution is 0.357. The first-order valence-corrected chi connectivity index (χ1v) is 6.14. The molecular formula is C13H13ClN2O. The minimum Gasteiger partial charge on any atom is -0.493 e. The fraction of sp³-hybridized carbons (Fsp3) is 0.308. The van der Waals surface area contributed by atoms with E-state index in [4.69, 9.17) is 16.3 Å². The smallest absolute Gasteiger partial charge is 0.122 e. The van der Waals surface area contributed by atoms with Crippen LogP contribution in [0.4, 0.5) is 0 Å². The molecule has 3 nitrogen and oxygen atoms in total. The van der Waals surface area contributed by atoms with Gasteiger partial charge in [-0.3, -0.25) is 0 Å². The maximum Gasteiger partial charge on any atom is 0.122 e. The van der Waals surface area contributed by atoms with Crippen LogP contribution >= 0.6 is 11.6 Å². The van der Waals surface area contributed by atoms with E-state index >= 15 is 0 Å². The molecule has 0 fully saturated rings. The van der Waals surface area contributed by atoms with Crippen LogP contribution in [0.15, 0.2) is 30.6 Å². The highest BCUT2D eigenvalue weighted by atomic mass is 35.5. The molecule has 1 aromatic heterocycles. The zero-order valence-corrected chi connectivity index (χ0v) is 10.1. The maximum absolute atomic E-state index is 6.40. The molecule has 0 saturated heterocycles. The molecule has 0 saturated carbocycles. The number of benzene rings is 1. The van der Waals surface area contributed by atoms with E-state index in [0.717, 1.165) is 30.2 Å². The Hall–Kier alpha value is -1.48. The third-order valence-corrected chi connectivity index (χ3v) is 3.41. The number of aromatic amines is 1. The lowest BCUT2D eigenvalue weighted by atomic mass is 10.0. The predicted octanol–water partition coefficient (Wildman–Crippen LogP) is 2.87. The van der Waals surface area contributed by atoms with Gasteiger partial charge in [0.15, 0.2) is 0 Å². The van der Waals surface area contributed by atoms with Crippen molar-refractivity contribution in [3.8, 4) is 5.75 Å². The van der Waals surface area contributed by atoms with Crippen molar-refractivity contribution >= 4 is 11.6 Å². The van der Waals surface area contributed by atoms with Gasteiger partial charge >= 0.3 is 0 Å². The summed E-state index contributed by atoms with van der Waals surface area (Å²) in [5.41, 5.74) is 2.39. The van der Waals surface area contributed by atoms with Crippen LogP contribution in [0.3, 0.4) is 0 Å². The number of imidazole rings is 1. The van der Waals surface area contributed by atoms with E-state index in [1.807, 2.05) is 18.3 Å². The molecule has 0 aliphatic carbocycles. The Morgan fingerprint density at radius 2 is 2.41 bits per heavy atom. The fourth-order valence-electron chi connectivity index (χ4n) is 2.10. The van der Waals surface area contributed by atoms with E-state index in [0.29, 0.717) is 6.42 Å². The molecule has 0 bridgehead atoms. The molecule has 1 aliphatic heterocycles. The highest BCUT2D eigenvalue weighted by Gasteiger charge is 2.16. The van der Waals surface area contributed by atoms with Crippen LogP contribution < -0.4 is 4.74 Å². The zero-order valence-electron chi connectivity index (χ0n) is 9.32.